The molecule has 0 unspecified atom stereocenters. The van der Waals surface area contributed by atoms with Crippen molar-refractivity contribution in [3.8, 4) is 0 Å². The average Bonchev–Trinajstić information content (AvgIpc) is 2.67. The Morgan fingerprint density at radius 2 is 1.19 bits per heavy atom. The Morgan fingerprint density at radius 1 is 0.731 bits per heavy atom. The summed E-state index contributed by atoms with van der Waals surface area (Å²) in [5.41, 5.74) is 2.73. The summed E-state index contributed by atoms with van der Waals surface area (Å²) < 4.78 is 10.5. The predicted molar refractivity (Wildman–Crippen MR) is 104 cm³/mol. The van der Waals surface area contributed by atoms with Gasteiger partial charge in [-0.25, -0.2) is 14.6 Å². The van der Waals surface area contributed by atoms with Crippen LogP contribution in [0.5, 0.6) is 0 Å². The molecule has 0 saturated carbocycles. The maximum absolute atomic E-state index is 12.1. The van der Waals surface area contributed by atoms with Crippen LogP contribution in [0, 0.1) is 0 Å². The van der Waals surface area contributed by atoms with E-state index in [-0.39, 0.29) is 11.4 Å². The number of carbonyl (C=O) groups excluding carboxylic acids is 2. The molecule has 0 radical (unpaired) electrons. The van der Waals surface area contributed by atoms with Gasteiger partial charge in [-0.05, 0) is 23.3 Å². The summed E-state index contributed by atoms with van der Waals surface area (Å²) in [6, 6.07) is 13.2. The highest BCUT2D eigenvalue weighted by Gasteiger charge is 2.14. The highest BCUT2D eigenvalue weighted by atomic mass is 32.2. The van der Waals surface area contributed by atoms with Crippen molar-refractivity contribution in [1.82, 2.24) is 4.98 Å². The van der Waals surface area contributed by atoms with Crippen molar-refractivity contribution < 1.29 is 19.1 Å². The van der Waals surface area contributed by atoms with E-state index in [1.165, 1.54) is 23.3 Å². The van der Waals surface area contributed by atoms with E-state index < -0.39 is 11.9 Å². The molecule has 26 heavy (non-hydrogen) atoms. The Kier molecular flexibility index (Phi) is 6.96. The SMILES string of the molecule is O=C1OCCSCc2ccc(cc2)CSCCOC(=O)c2cccc1n2. The van der Waals surface area contributed by atoms with Gasteiger partial charge < -0.3 is 9.47 Å². The molecule has 0 aliphatic carbocycles. The van der Waals surface area contributed by atoms with E-state index in [0.717, 1.165) is 11.5 Å². The van der Waals surface area contributed by atoms with Crippen LogP contribution in [0.1, 0.15) is 32.1 Å². The zero-order valence-electron chi connectivity index (χ0n) is 14.2. The fourth-order valence-corrected chi connectivity index (χ4v) is 3.86. The molecule has 2 aromatic rings. The van der Waals surface area contributed by atoms with Crippen molar-refractivity contribution >= 4 is 35.5 Å². The molecule has 5 nitrogen and oxygen atoms in total. The molecule has 0 saturated heterocycles. The lowest BCUT2D eigenvalue weighted by molar-refractivity contribution is 0.0515. The molecule has 4 rings (SSSR count). The van der Waals surface area contributed by atoms with Crippen LogP contribution in [0.3, 0.4) is 0 Å². The highest BCUT2D eigenvalue weighted by molar-refractivity contribution is 7.98. The monoisotopic (exact) mass is 389 g/mol. The number of hydrogen-bond donors (Lipinski definition) is 0. The minimum absolute atomic E-state index is 0.118. The van der Waals surface area contributed by atoms with E-state index >= 15 is 0 Å². The number of hydrogen-bond acceptors (Lipinski definition) is 7. The average molecular weight is 389 g/mol. The number of pyridine rings is 1. The first-order valence-electron chi connectivity index (χ1n) is 8.27. The van der Waals surface area contributed by atoms with Crippen LogP contribution in [-0.2, 0) is 21.0 Å². The summed E-state index contributed by atoms with van der Waals surface area (Å²) in [4.78, 5) is 28.2. The van der Waals surface area contributed by atoms with Crippen LogP contribution in [0.25, 0.3) is 0 Å². The van der Waals surface area contributed by atoms with E-state index in [1.807, 2.05) is 0 Å². The van der Waals surface area contributed by atoms with E-state index in [9.17, 15) is 9.59 Å². The number of thioether (sulfide) groups is 2. The van der Waals surface area contributed by atoms with Gasteiger partial charge in [0.15, 0.2) is 0 Å². The molecule has 2 aliphatic rings. The van der Waals surface area contributed by atoms with Gasteiger partial charge >= 0.3 is 11.9 Å². The third kappa shape index (κ3) is 5.51. The first kappa shape index (κ1) is 18.8. The number of esters is 2. The van der Waals surface area contributed by atoms with Crippen LogP contribution < -0.4 is 0 Å². The van der Waals surface area contributed by atoms with Gasteiger partial charge in [-0.15, -0.1) is 0 Å². The first-order chi connectivity index (χ1) is 12.7. The smallest absolute Gasteiger partial charge is 0.356 e. The van der Waals surface area contributed by atoms with Crippen LogP contribution >= 0.6 is 23.5 Å². The zero-order chi connectivity index (χ0) is 18.2. The van der Waals surface area contributed by atoms with Crippen LogP contribution in [-0.4, -0.2) is 41.6 Å². The third-order valence-corrected chi connectivity index (χ3v) is 5.64. The maximum atomic E-state index is 12.1. The molecule has 0 fully saturated rings. The van der Waals surface area contributed by atoms with Crippen LogP contribution in [0.4, 0.5) is 0 Å². The largest absolute Gasteiger partial charge is 0.460 e. The molecular formula is C19H19NO4S2. The summed E-state index contributed by atoms with van der Waals surface area (Å²) >= 11 is 3.42. The van der Waals surface area contributed by atoms with E-state index in [1.54, 1.807) is 29.6 Å². The number of ether oxygens (including phenoxy) is 2. The van der Waals surface area contributed by atoms with Gasteiger partial charge in [0.1, 0.15) is 24.6 Å². The third-order valence-electron chi connectivity index (χ3n) is 3.65. The van der Waals surface area contributed by atoms with Gasteiger partial charge in [0.05, 0.1) is 0 Å². The maximum Gasteiger partial charge on any atom is 0.356 e. The van der Waals surface area contributed by atoms with Gasteiger partial charge in [0.25, 0.3) is 0 Å². The molecule has 7 heteroatoms. The Bertz CT molecular complexity index is 704. The number of fused-ring (bicyclic) bond motifs is 12. The molecule has 2 aliphatic heterocycles. The number of rotatable bonds is 0. The molecule has 0 atom stereocenters. The van der Waals surface area contributed by atoms with Gasteiger partial charge in [-0.2, -0.15) is 23.5 Å². The predicted octanol–water partition coefficient (Wildman–Crippen LogP) is 3.58. The van der Waals surface area contributed by atoms with Crippen molar-refractivity contribution in [2.24, 2.45) is 0 Å². The normalized spacial score (nSPS) is 16.8. The number of carbonyl (C=O) groups is 2. The Morgan fingerprint density at radius 3 is 1.65 bits per heavy atom. The van der Waals surface area contributed by atoms with Crippen molar-refractivity contribution in [3.05, 3.63) is 65.0 Å². The molecule has 0 spiro atoms. The quantitative estimate of drug-likeness (QED) is 0.638. The summed E-state index contributed by atoms with van der Waals surface area (Å²) in [5, 5.41) is 0. The summed E-state index contributed by atoms with van der Waals surface area (Å²) in [6.45, 7) is 0.600. The summed E-state index contributed by atoms with van der Waals surface area (Å²) in [7, 11) is 0. The van der Waals surface area contributed by atoms with Crippen molar-refractivity contribution in [3.63, 3.8) is 0 Å². The number of benzene rings is 1. The Hall–Kier alpha value is -1.99. The molecular weight excluding hydrogens is 370 g/mol. The zero-order valence-corrected chi connectivity index (χ0v) is 15.8. The van der Waals surface area contributed by atoms with E-state index in [0.29, 0.717) is 24.7 Å². The fourth-order valence-electron chi connectivity index (χ4n) is 2.31. The summed E-state index contributed by atoms with van der Waals surface area (Å²) in [5.74, 6) is 2.09. The first-order valence-corrected chi connectivity index (χ1v) is 10.6. The lowest BCUT2D eigenvalue weighted by atomic mass is 10.2. The van der Waals surface area contributed by atoms with Crippen LogP contribution in [0.15, 0.2) is 42.5 Å². The summed E-state index contributed by atoms with van der Waals surface area (Å²) in [6.07, 6.45) is 0. The lowest BCUT2D eigenvalue weighted by Crippen LogP contribution is -2.14. The van der Waals surface area contributed by atoms with Crippen molar-refractivity contribution in [2.45, 2.75) is 11.5 Å². The molecule has 1 aromatic carbocycles. The van der Waals surface area contributed by atoms with Gasteiger partial charge in [-0.1, -0.05) is 30.3 Å². The minimum atomic E-state index is -0.530. The molecule has 4 bridgehead atoms. The molecule has 3 heterocycles. The molecule has 136 valence electrons. The second-order valence-corrected chi connectivity index (χ2v) is 7.81. The van der Waals surface area contributed by atoms with E-state index in [2.05, 4.69) is 29.2 Å². The van der Waals surface area contributed by atoms with Crippen molar-refractivity contribution in [1.29, 1.82) is 0 Å². The second kappa shape index (κ2) is 9.64. The minimum Gasteiger partial charge on any atom is -0.460 e. The van der Waals surface area contributed by atoms with Crippen molar-refractivity contribution in [2.75, 3.05) is 24.7 Å². The van der Waals surface area contributed by atoms with Crippen LogP contribution in [0.2, 0.25) is 0 Å². The topological polar surface area (TPSA) is 65.5 Å². The number of nitrogens with zero attached hydrogens (tertiary/aromatic N) is 1. The fraction of sp³-hybridized carbons (Fsp3) is 0.316. The van der Waals surface area contributed by atoms with Gasteiger partial charge in [0.2, 0.25) is 0 Å². The van der Waals surface area contributed by atoms with Gasteiger partial charge in [0, 0.05) is 23.0 Å². The Balaban J connectivity index is 1.68. The molecule has 1 aromatic heterocycles. The second-order valence-electron chi connectivity index (χ2n) is 5.60. The molecule has 0 N–H and O–H groups in total. The number of aromatic nitrogens is 1. The van der Waals surface area contributed by atoms with E-state index in [4.69, 9.17) is 9.47 Å². The standard InChI is InChI=1S/C19H19NO4S2/c21-18-16-2-1-3-17(20-16)19(22)24-9-11-26-13-15-6-4-14(5-7-15)12-25-10-8-23-18/h1-7H,8-13H2. The highest BCUT2D eigenvalue weighted by Crippen LogP contribution is 2.17. The Labute approximate surface area is 160 Å². The van der Waals surface area contributed by atoms with Gasteiger partial charge in [-0.3, -0.25) is 0 Å². The molecule has 0 amide bonds. The lowest BCUT2D eigenvalue weighted by Gasteiger charge is -2.06.